The van der Waals surface area contributed by atoms with Gasteiger partial charge in [0.15, 0.2) is 0 Å². The van der Waals surface area contributed by atoms with Crippen molar-refractivity contribution in [2.45, 2.75) is 101 Å². The molecule has 30 heavy (non-hydrogen) atoms. The second kappa shape index (κ2) is 13.0. The molecule has 3 unspecified atom stereocenters. The number of benzene rings is 1. The van der Waals surface area contributed by atoms with Crippen LogP contribution in [0.1, 0.15) is 95.6 Å². The van der Waals surface area contributed by atoms with Crippen molar-refractivity contribution in [1.82, 2.24) is 0 Å². The lowest BCUT2D eigenvalue weighted by atomic mass is 10.0. The smallest absolute Gasteiger partial charge is 0.303 e. The van der Waals surface area contributed by atoms with Crippen molar-refractivity contribution in [2.24, 2.45) is 0 Å². The minimum absolute atomic E-state index is 0.0552. The number of rotatable bonds is 14. The lowest BCUT2D eigenvalue weighted by Gasteiger charge is -2.25. The summed E-state index contributed by atoms with van der Waals surface area (Å²) in [6.45, 7) is 2.17. The third-order valence-electron chi connectivity index (χ3n) is 5.91. The number of hydrogen-bond donors (Lipinski definition) is 2. The molecule has 168 valence electrons. The Balaban J connectivity index is 1.89. The Hall–Kier alpha value is -1.59. The summed E-state index contributed by atoms with van der Waals surface area (Å²) in [6.07, 6.45) is 10.0. The molecule has 1 fully saturated rings. The molecule has 1 amide bonds. The Bertz CT molecular complexity index is 664. The Morgan fingerprint density at radius 3 is 2.43 bits per heavy atom. The van der Waals surface area contributed by atoms with E-state index in [-0.39, 0.29) is 18.4 Å². The number of carboxylic acids is 1. The van der Waals surface area contributed by atoms with E-state index in [0.29, 0.717) is 12.8 Å². The molecule has 1 aliphatic rings. The van der Waals surface area contributed by atoms with E-state index in [1.54, 1.807) is 0 Å². The standard InChI is InChI=1S/C24H36ClNO4/c1-2-3-4-8-11-22(27)18-13-15-19(16-14-18)26-20(17-21(25)24(26)30)10-7-5-6-9-12-23(28)29/h13-16,20-22,27H,2-12,17H2,1H3,(H,28,29). The molecule has 2 N–H and O–H groups in total. The number of carbonyl (C=O) groups is 2. The van der Waals surface area contributed by atoms with Crippen LogP contribution in [0.2, 0.25) is 0 Å². The zero-order chi connectivity index (χ0) is 21.9. The van der Waals surface area contributed by atoms with Gasteiger partial charge in [-0.2, -0.15) is 0 Å². The first-order valence-electron chi connectivity index (χ1n) is 11.4. The molecule has 0 bridgehead atoms. The van der Waals surface area contributed by atoms with E-state index in [4.69, 9.17) is 16.7 Å². The van der Waals surface area contributed by atoms with E-state index in [0.717, 1.165) is 56.2 Å². The van der Waals surface area contributed by atoms with E-state index in [1.807, 2.05) is 29.2 Å². The van der Waals surface area contributed by atoms with Gasteiger partial charge in [-0.05, 0) is 43.4 Å². The number of carboxylic acid groups (broad SMARTS) is 1. The van der Waals surface area contributed by atoms with Crippen LogP contribution in [-0.4, -0.2) is 33.5 Å². The van der Waals surface area contributed by atoms with Crippen molar-refractivity contribution in [3.8, 4) is 0 Å². The monoisotopic (exact) mass is 437 g/mol. The van der Waals surface area contributed by atoms with Crippen molar-refractivity contribution in [3.05, 3.63) is 29.8 Å². The van der Waals surface area contributed by atoms with Gasteiger partial charge in [-0.25, -0.2) is 0 Å². The highest BCUT2D eigenvalue weighted by Crippen LogP contribution is 2.33. The van der Waals surface area contributed by atoms with E-state index < -0.39 is 17.5 Å². The highest BCUT2D eigenvalue weighted by atomic mass is 35.5. The van der Waals surface area contributed by atoms with Gasteiger partial charge in [-0.15, -0.1) is 11.6 Å². The third-order valence-corrected chi connectivity index (χ3v) is 6.28. The molecule has 2 rings (SSSR count). The first-order valence-corrected chi connectivity index (χ1v) is 11.8. The van der Waals surface area contributed by atoms with Gasteiger partial charge < -0.3 is 15.1 Å². The van der Waals surface area contributed by atoms with Crippen LogP contribution in [0.5, 0.6) is 0 Å². The van der Waals surface area contributed by atoms with Crippen molar-refractivity contribution in [1.29, 1.82) is 0 Å². The molecule has 0 aliphatic carbocycles. The maximum absolute atomic E-state index is 12.6. The molecule has 1 aromatic carbocycles. The number of aliphatic carboxylic acids is 1. The summed E-state index contributed by atoms with van der Waals surface area (Å²) in [6, 6.07) is 7.73. The Morgan fingerprint density at radius 1 is 1.10 bits per heavy atom. The Kier molecular flexibility index (Phi) is 10.7. The van der Waals surface area contributed by atoms with E-state index in [2.05, 4.69) is 6.92 Å². The molecule has 0 aromatic heterocycles. The summed E-state index contributed by atoms with van der Waals surface area (Å²) in [5.74, 6) is -0.803. The van der Waals surface area contributed by atoms with Gasteiger partial charge in [0.05, 0.1) is 6.10 Å². The molecule has 1 saturated heterocycles. The number of aliphatic hydroxyl groups is 1. The van der Waals surface area contributed by atoms with Crippen LogP contribution in [-0.2, 0) is 9.59 Å². The fraction of sp³-hybridized carbons (Fsp3) is 0.667. The Morgan fingerprint density at radius 2 is 1.77 bits per heavy atom. The van der Waals surface area contributed by atoms with E-state index in [9.17, 15) is 14.7 Å². The minimum atomic E-state index is -0.748. The summed E-state index contributed by atoms with van der Waals surface area (Å²) < 4.78 is 0. The number of carbonyl (C=O) groups excluding carboxylic acids is 1. The van der Waals surface area contributed by atoms with E-state index >= 15 is 0 Å². The number of amides is 1. The second-order valence-corrected chi connectivity index (χ2v) is 8.90. The van der Waals surface area contributed by atoms with Crippen molar-refractivity contribution < 1.29 is 19.8 Å². The van der Waals surface area contributed by atoms with Crippen LogP contribution < -0.4 is 4.90 Å². The minimum Gasteiger partial charge on any atom is -0.481 e. The number of unbranched alkanes of at least 4 members (excludes halogenated alkanes) is 6. The molecular weight excluding hydrogens is 402 g/mol. The number of aliphatic hydroxyl groups excluding tert-OH is 1. The zero-order valence-electron chi connectivity index (χ0n) is 18.1. The second-order valence-electron chi connectivity index (χ2n) is 8.37. The quantitative estimate of drug-likeness (QED) is 0.283. The van der Waals surface area contributed by atoms with Gasteiger partial charge in [0.2, 0.25) is 5.91 Å². The van der Waals surface area contributed by atoms with Crippen molar-refractivity contribution in [3.63, 3.8) is 0 Å². The largest absolute Gasteiger partial charge is 0.481 e. The Labute approximate surface area is 185 Å². The first kappa shape index (κ1) is 24.7. The van der Waals surface area contributed by atoms with Crippen LogP contribution in [0.25, 0.3) is 0 Å². The average Bonchev–Trinajstić information content (AvgIpc) is 3.01. The normalized spacial score (nSPS) is 20.0. The zero-order valence-corrected chi connectivity index (χ0v) is 18.8. The predicted octanol–water partition coefficient (Wildman–Crippen LogP) is 5.83. The maximum atomic E-state index is 12.6. The van der Waals surface area contributed by atoms with Gasteiger partial charge in [-0.1, -0.05) is 64.0 Å². The molecular formula is C24H36ClNO4. The van der Waals surface area contributed by atoms with Crippen LogP contribution in [0, 0.1) is 0 Å². The lowest BCUT2D eigenvalue weighted by molar-refractivity contribution is -0.137. The highest BCUT2D eigenvalue weighted by molar-refractivity contribution is 6.34. The van der Waals surface area contributed by atoms with Gasteiger partial charge in [0, 0.05) is 18.2 Å². The molecule has 0 radical (unpaired) electrons. The number of nitrogens with zero attached hydrogens (tertiary/aromatic N) is 1. The number of anilines is 1. The van der Waals surface area contributed by atoms with Crippen molar-refractivity contribution >= 4 is 29.2 Å². The highest BCUT2D eigenvalue weighted by Gasteiger charge is 2.38. The van der Waals surface area contributed by atoms with Crippen LogP contribution in [0.15, 0.2) is 24.3 Å². The van der Waals surface area contributed by atoms with Gasteiger partial charge in [0.1, 0.15) is 5.38 Å². The molecule has 0 spiro atoms. The maximum Gasteiger partial charge on any atom is 0.303 e. The number of halogens is 1. The summed E-state index contributed by atoms with van der Waals surface area (Å²) in [5, 5.41) is 18.6. The van der Waals surface area contributed by atoms with Crippen LogP contribution >= 0.6 is 11.6 Å². The molecule has 0 saturated carbocycles. The predicted molar refractivity (Wildman–Crippen MR) is 121 cm³/mol. The summed E-state index contributed by atoms with van der Waals surface area (Å²) >= 11 is 6.27. The lowest BCUT2D eigenvalue weighted by Crippen LogP contribution is -2.34. The topological polar surface area (TPSA) is 77.8 Å². The van der Waals surface area contributed by atoms with Crippen molar-refractivity contribution in [2.75, 3.05) is 4.90 Å². The van der Waals surface area contributed by atoms with Crippen LogP contribution in [0.3, 0.4) is 0 Å². The van der Waals surface area contributed by atoms with Gasteiger partial charge in [-0.3, -0.25) is 9.59 Å². The molecule has 1 aliphatic heterocycles. The summed E-state index contributed by atoms with van der Waals surface area (Å²) in [4.78, 5) is 25.0. The molecule has 1 aromatic rings. The number of alkyl halides is 1. The van der Waals surface area contributed by atoms with Gasteiger partial charge >= 0.3 is 5.97 Å². The first-order chi connectivity index (χ1) is 14.4. The molecule has 6 heteroatoms. The fourth-order valence-corrected chi connectivity index (χ4v) is 4.47. The summed E-state index contributed by atoms with van der Waals surface area (Å²) in [5.41, 5.74) is 1.72. The molecule has 5 nitrogen and oxygen atoms in total. The molecule has 3 atom stereocenters. The fourth-order valence-electron chi connectivity index (χ4n) is 4.16. The van der Waals surface area contributed by atoms with Crippen LogP contribution in [0.4, 0.5) is 5.69 Å². The molecule has 1 heterocycles. The SMILES string of the molecule is CCCCCCC(O)c1ccc(N2C(=O)C(Cl)CC2CCCCCCC(=O)O)cc1. The van der Waals surface area contributed by atoms with E-state index in [1.165, 1.54) is 12.8 Å². The average molecular weight is 438 g/mol. The van der Waals surface area contributed by atoms with Gasteiger partial charge in [0.25, 0.3) is 0 Å². The third kappa shape index (κ3) is 7.59. The summed E-state index contributed by atoms with van der Waals surface area (Å²) in [7, 11) is 0. The number of hydrogen-bond acceptors (Lipinski definition) is 3.